The quantitative estimate of drug-likeness (QED) is 0.676. The zero-order valence-corrected chi connectivity index (χ0v) is 17.8. The first kappa shape index (κ1) is 19.8. The number of aryl methyl sites for hydroxylation is 1. The van der Waals surface area contributed by atoms with E-state index in [2.05, 4.69) is 9.71 Å². The van der Waals surface area contributed by atoms with Crippen molar-refractivity contribution in [2.45, 2.75) is 31.7 Å². The molecule has 1 amide bonds. The van der Waals surface area contributed by atoms with Gasteiger partial charge in [-0.05, 0) is 37.1 Å². The molecule has 0 saturated heterocycles. The van der Waals surface area contributed by atoms with E-state index in [0.29, 0.717) is 13.0 Å². The van der Waals surface area contributed by atoms with E-state index in [1.807, 2.05) is 37.3 Å². The topological polar surface area (TPSA) is 79.4 Å². The Bertz CT molecular complexity index is 1170. The lowest BCUT2D eigenvalue weighted by Gasteiger charge is -2.15. The number of carbonyl (C=O) groups excluding carboxylic acids is 1. The molecule has 1 aromatic heterocycles. The van der Waals surface area contributed by atoms with Crippen molar-refractivity contribution in [2.75, 3.05) is 11.4 Å². The Morgan fingerprint density at radius 3 is 2.69 bits per heavy atom. The molecule has 0 spiro atoms. The Labute approximate surface area is 174 Å². The van der Waals surface area contributed by atoms with Gasteiger partial charge in [-0.2, -0.15) is 0 Å². The smallest absolute Gasteiger partial charge is 0.240 e. The number of aromatic nitrogens is 1. The molecule has 0 unspecified atom stereocenters. The normalized spacial score (nSPS) is 13.5. The summed E-state index contributed by atoms with van der Waals surface area (Å²) in [7, 11) is -3.66. The number of carbonyl (C=O) groups is 1. The van der Waals surface area contributed by atoms with Gasteiger partial charge < -0.3 is 4.90 Å². The van der Waals surface area contributed by atoms with Crippen LogP contribution in [0.4, 0.5) is 5.69 Å². The number of rotatable bonds is 5. The fourth-order valence-electron chi connectivity index (χ4n) is 3.41. The summed E-state index contributed by atoms with van der Waals surface area (Å²) in [6, 6.07) is 14.8. The Kier molecular flexibility index (Phi) is 5.24. The lowest BCUT2D eigenvalue weighted by Crippen LogP contribution is -2.26. The average Bonchev–Trinajstić information content (AvgIpc) is 3.30. The highest BCUT2D eigenvalue weighted by Crippen LogP contribution is 2.31. The number of fused-ring (bicyclic) bond motifs is 1. The van der Waals surface area contributed by atoms with Crippen molar-refractivity contribution in [3.8, 4) is 10.6 Å². The third-order valence-corrected chi connectivity index (χ3v) is 7.58. The first-order valence-electron chi connectivity index (χ1n) is 9.27. The molecular formula is C21H21N3O3S2. The van der Waals surface area contributed by atoms with E-state index in [-0.39, 0.29) is 17.3 Å². The van der Waals surface area contributed by atoms with E-state index < -0.39 is 10.0 Å². The Balaban J connectivity index is 1.52. The van der Waals surface area contributed by atoms with Gasteiger partial charge in [0, 0.05) is 36.1 Å². The highest BCUT2D eigenvalue weighted by atomic mass is 32.2. The van der Waals surface area contributed by atoms with Gasteiger partial charge in [0.25, 0.3) is 0 Å². The summed E-state index contributed by atoms with van der Waals surface area (Å²) in [5.74, 6) is -0.0348. The number of amides is 1. The van der Waals surface area contributed by atoms with Crippen molar-refractivity contribution in [3.63, 3.8) is 0 Å². The number of nitrogens with zero attached hydrogens (tertiary/aromatic N) is 2. The van der Waals surface area contributed by atoms with Crippen LogP contribution in [0, 0.1) is 6.92 Å². The average molecular weight is 428 g/mol. The number of thiazole rings is 1. The van der Waals surface area contributed by atoms with Crippen molar-refractivity contribution in [1.29, 1.82) is 0 Å². The second kappa shape index (κ2) is 7.70. The van der Waals surface area contributed by atoms with Crippen LogP contribution in [0.2, 0.25) is 0 Å². The molecule has 0 atom stereocenters. The second-order valence-corrected chi connectivity index (χ2v) is 9.78. The predicted octanol–water partition coefficient (Wildman–Crippen LogP) is 3.51. The SMILES string of the molecule is CC(=O)N1CCc2cc(S(=O)(=O)NCc3sc(-c4ccccc4)nc3C)ccc21. The fraction of sp³-hybridized carbons (Fsp3) is 0.238. The fourth-order valence-corrected chi connectivity index (χ4v) is 5.56. The number of benzene rings is 2. The lowest BCUT2D eigenvalue weighted by atomic mass is 10.2. The number of hydrogen-bond acceptors (Lipinski definition) is 5. The van der Waals surface area contributed by atoms with Crippen LogP contribution in [-0.4, -0.2) is 25.9 Å². The molecule has 1 N–H and O–H groups in total. The van der Waals surface area contributed by atoms with Crippen molar-refractivity contribution in [2.24, 2.45) is 0 Å². The summed E-state index contributed by atoms with van der Waals surface area (Å²) in [4.78, 5) is 19.0. The Morgan fingerprint density at radius 1 is 1.21 bits per heavy atom. The summed E-state index contributed by atoms with van der Waals surface area (Å²) < 4.78 is 28.3. The maximum absolute atomic E-state index is 12.8. The minimum absolute atomic E-state index is 0.0348. The molecule has 0 bridgehead atoms. The van der Waals surface area contributed by atoms with Gasteiger partial charge in [-0.3, -0.25) is 4.79 Å². The number of hydrogen-bond donors (Lipinski definition) is 1. The Hall–Kier alpha value is -2.55. The molecule has 6 nitrogen and oxygen atoms in total. The Morgan fingerprint density at radius 2 is 1.97 bits per heavy atom. The van der Waals surface area contributed by atoms with Crippen LogP contribution >= 0.6 is 11.3 Å². The molecule has 2 aromatic carbocycles. The minimum Gasteiger partial charge on any atom is -0.312 e. The highest BCUT2D eigenvalue weighted by Gasteiger charge is 2.25. The third kappa shape index (κ3) is 3.96. The van der Waals surface area contributed by atoms with Crippen molar-refractivity contribution < 1.29 is 13.2 Å². The van der Waals surface area contributed by atoms with Crippen LogP contribution in [0.3, 0.4) is 0 Å². The molecule has 4 rings (SSSR count). The summed E-state index contributed by atoms with van der Waals surface area (Å²) in [6.07, 6.45) is 0.659. The maximum Gasteiger partial charge on any atom is 0.240 e. The lowest BCUT2D eigenvalue weighted by molar-refractivity contribution is -0.116. The van der Waals surface area contributed by atoms with E-state index in [4.69, 9.17) is 0 Å². The molecule has 1 aliphatic heterocycles. The van der Waals surface area contributed by atoms with Gasteiger partial charge >= 0.3 is 0 Å². The molecule has 150 valence electrons. The summed E-state index contributed by atoms with van der Waals surface area (Å²) in [5, 5.41) is 0.874. The van der Waals surface area contributed by atoms with Crippen LogP contribution in [0.1, 0.15) is 23.1 Å². The first-order chi connectivity index (χ1) is 13.8. The zero-order valence-electron chi connectivity index (χ0n) is 16.2. The number of nitrogens with one attached hydrogen (secondary N) is 1. The molecule has 0 saturated carbocycles. The largest absolute Gasteiger partial charge is 0.312 e. The van der Waals surface area contributed by atoms with Crippen LogP contribution < -0.4 is 9.62 Å². The highest BCUT2D eigenvalue weighted by molar-refractivity contribution is 7.89. The molecule has 1 aliphatic rings. The first-order valence-corrected chi connectivity index (χ1v) is 11.6. The predicted molar refractivity (Wildman–Crippen MR) is 114 cm³/mol. The molecule has 2 heterocycles. The molecule has 0 aliphatic carbocycles. The zero-order chi connectivity index (χ0) is 20.6. The number of sulfonamides is 1. The van der Waals surface area contributed by atoms with Crippen molar-refractivity contribution in [1.82, 2.24) is 9.71 Å². The molecule has 0 radical (unpaired) electrons. The van der Waals surface area contributed by atoms with Crippen LogP contribution in [0.25, 0.3) is 10.6 Å². The summed E-state index contributed by atoms with van der Waals surface area (Å²) in [5.41, 5.74) is 3.51. The van der Waals surface area contributed by atoms with Gasteiger partial charge in [0.05, 0.1) is 10.6 Å². The van der Waals surface area contributed by atoms with E-state index in [9.17, 15) is 13.2 Å². The summed E-state index contributed by atoms with van der Waals surface area (Å²) >= 11 is 1.49. The monoisotopic (exact) mass is 427 g/mol. The van der Waals surface area contributed by atoms with E-state index in [1.165, 1.54) is 18.3 Å². The minimum atomic E-state index is -3.66. The van der Waals surface area contributed by atoms with Gasteiger partial charge in [-0.1, -0.05) is 30.3 Å². The van der Waals surface area contributed by atoms with Gasteiger partial charge in [-0.15, -0.1) is 11.3 Å². The van der Waals surface area contributed by atoms with E-state index >= 15 is 0 Å². The van der Waals surface area contributed by atoms with Crippen molar-refractivity contribution in [3.05, 3.63) is 64.7 Å². The number of anilines is 1. The third-order valence-electron chi connectivity index (χ3n) is 4.97. The van der Waals surface area contributed by atoms with Gasteiger partial charge in [-0.25, -0.2) is 18.1 Å². The van der Waals surface area contributed by atoms with E-state index in [1.54, 1.807) is 23.1 Å². The molecule has 0 fully saturated rings. The maximum atomic E-state index is 12.8. The standard InChI is InChI=1S/C21H21N3O3S2/c1-14-20(28-21(23-14)16-6-4-3-5-7-16)13-22-29(26,27)18-8-9-19-17(12-18)10-11-24(19)15(2)25/h3-9,12,22H,10-11,13H2,1-2H3. The second-order valence-electron chi connectivity index (χ2n) is 6.93. The molecule has 3 aromatic rings. The van der Waals surface area contributed by atoms with Gasteiger partial charge in [0.1, 0.15) is 5.01 Å². The van der Waals surface area contributed by atoms with Crippen molar-refractivity contribution >= 4 is 33.0 Å². The molecule has 29 heavy (non-hydrogen) atoms. The van der Waals surface area contributed by atoms with Crippen LogP contribution in [-0.2, 0) is 27.8 Å². The van der Waals surface area contributed by atoms with Gasteiger partial charge in [0.2, 0.25) is 15.9 Å². The van der Waals surface area contributed by atoms with Crippen LogP contribution in [0.15, 0.2) is 53.4 Å². The summed E-state index contributed by atoms with van der Waals surface area (Å²) in [6.45, 7) is 4.18. The van der Waals surface area contributed by atoms with Crippen LogP contribution in [0.5, 0.6) is 0 Å². The molecular weight excluding hydrogens is 406 g/mol. The molecule has 8 heteroatoms. The van der Waals surface area contributed by atoms with E-state index in [0.717, 1.165) is 32.4 Å². The van der Waals surface area contributed by atoms with Gasteiger partial charge in [0.15, 0.2) is 0 Å².